The molecular formula is C19H23N3O2. The highest BCUT2D eigenvalue weighted by atomic mass is 16.2. The summed E-state index contributed by atoms with van der Waals surface area (Å²) in [5.41, 5.74) is 1.39. The summed E-state index contributed by atoms with van der Waals surface area (Å²) >= 11 is 0. The first-order valence-corrected chi connectivity index (χ1v) is 8.52. The van der Waals surface area contributed by atoms with E-state index >= 15 is 0 Å². The van der Waals surface area contributed by atoms with Crippen LogP contribution in [-0.2, 0) is 13.5 Å². The number of benzene rings is 1. The Morgan fingerprint density at radius 1 is 1.17 bits per heavy atom. The van der Waals surface area contributed by atoms with Gasteiger partial charge in [-0.3, -0.25) is 9.59 Å². The van der Waals surface area contributed by atoms with Crippen LogP contribution in [-0.4, -0.2) is 21.7 Å². The van der Waals surface area contributed by atoms with Gasteiger partial charge < -0.3 is 5.32 Å². The molecule has 24 heavy (non-hydrogen) atoms. The summed E-state index contributed by atoms with van der Waals surface area (Å²) in [5, 5.41) is 7.17. The smallest absolute Gasteiger partial charge is 0.271 e. The van der Waals surface area contributed by atoms with Crippen LogP contribution in [0.4, 0.5) is 0 Å². The first-order valence-electron chi connectivity index (χ1n) is 8.52. The average molecular weight is 325 g/mol. The second-order valence-corrected chi connectivity index (χ2v) is 6.49. The van der Waals surface area contributed by atoms with Crippen LogP contribution in [0.1, 0.15) is 41.7 Å². The zero-order valence-electron chi connectivity index (χ0n) is 13.9. The number of nitrogens with one attached hydrogen (secondary N) is 1. The molecular weight excluding hydrogens is 302 g/mol. The maximum atomic E-state index is 12.5. The standard InChI is InChI=1S/C19H23N3O2/c1-22-18(23)12-11-17(21-22)19(24)20-16-10-6-5-9-15(16)13-14-7-3-2-4-8-14/h2-4,7-8,11-12,15-16H,5-6,9-10,13H2,1H3,(H,20,24)/t15-,16-/m0/s1. The lowest BCUT2D eigenvalue weighted by molar-refractivity contribution is 0.0898. The van der Waals surface area contributed by atoms with Crippen molar-refractivity contribution in [2.75, 3.05) is 0 Å². The SMILES string of the molecule is Cn1nc(C(=O)N[C@H]2CCCC[C@H]2Cc2ccccc2)ccc1=O. The largest absolute Gasteiger partial charge is 0.348 e. The Balaban J connectivity index is 1.70. The number of amides is 1. The van der Waals surface area contributed by atoms with Crippen LogP contribution in [0.2, 0.25) is 0 Å². The lowest BCUT2D eigenvalue weighted by Gasteiger charge is -2.32. The molecule has 1 aromatic heterocycles. The highest BCUT2D eigenvalue weighted by Crippen LogP contribution is 2.27. The second-order valence-electron chi connectivity index (χ2n) is 6.49. The molecule has 2 atom stereocenters. The van der Waals surface area contributed by atoms with Crippen molar-refractivity contribution >= 4 is 5.91 Å². The van der Waals surface area contributed by atoms with E-state index in [0.29, 0.717) is 11.6 Å². The van der Waals surface area contributed by atoms with Gasteiger partial charge in [-0.2, -0.15) is 5.10 Å². The zero-order chi connectivity index (χ0) is 16.9. The van der Waals surface area contributed by atoms with E-state index in [1.54, 1.807) is 7.05 Å². The summed E-state index contributed by atoms with van der Waals surface area (Å²) in [6.07, 6.45) is 5.45. The molecule has 1 heterocycles. The van der Waals surface area contributed by atoms with Crippen LogP contribution >= 0.6 is 0 Å². The van der Waals surface area contributed by atoms with Crippen molar-refractivity contribution in [3.8, 4) is 0 Å². The molecule has 5 heteroatoms. The molecule has 126 valence electrons. The maximum Gasteiger partial charge on any atom is 0.271 e. The molecule has 0 radical (unpaired) electrons. The van der Waals surface area contributed by atoms with E-state index in [0.717, 1.165) is 25.7 Å². The second kappa shape index (κ2) is 7.43. The Bertz CT molecular complexity index is 755. The van der Waals surface area contributed by atoms with Gasteiger partial charge in [0.05, 0.1) is 0 Å². The van der Waals surface area contributed by atoms with Crippen molar-refractivity contribution in [3.05, 3.63) is 64.1 Å². The molecule has 2 aromatic rings. The Labute approximate surface area is 141 Å². The monoisotopic (exact) mass is 325 g/mol. The minimum atomic E-state index is -0.217. The number of hydrogen-bond donors (Lipinski definition) is 1. The quantitative estimate of drug-likeness (QED) is 0.938. The molecule has 0 aliphatic heterocycles. The lowest BCUT2D eigenvalue weighted by atomic mass is 9.80. The molecule has 0 unspecified atom stereocenters. The third-order valence-electron chi connectivity index (χ3n) is 4.76. The minimum absolute atomic E-state index is 0.158. The Morgan fingerprint density at radius 3 is 2.67 bits per heavy atom. The normalized spacial score (nSPS) is 20.5. The van der Waals surface area contributed by atoms with E-state index in [-0.39, 0.29) is 17.5 Å². The molecule has 1 amide bonds. The Hall–Kier alpha value is -2.43. The molecule has 0 saturated heterocycles. The molecule has 3 rings (SSSR count). The Kier molecular flexibility index (Phi) is 5.08. The highest BCUT2D eigenvalue weighted by molar-refractivity contribution is 5.92. The third kappa shape index (κ3) is 3.91. The topological polar surface area (TPSA) is 64.0 Å². The van der Waals surface area contributed by atoms with Gasteiger partial charge in [-0.1, -0.05) is 43.2 Å². The number of aryl methyl sites for hydroxylation is 1. The van der Waals surface area contributed by atoms with E-state index in [9.17, 15) is 9.59 Å². The first-order chi connectivity index (χ1) is 11.6. The highest BCUT2D eigenvalue weighted by Gasteiger charge is 2.27. The van der Waals surface area contributed by atoms with Gasteiger partial charge in [0.15, 0.2) is 0 Å². The molecule has 1 aliphatic rings. The van der Waals surface area contributed by atoms with Crippen LogP contribution in [0.15, 0.2) is 47.3 Å². The number of aromatic nitrogens is 2. The fourth-order valence-corrected chi connectivity index (χ4v) is 3.42. The number of carbonyl (C=O) groups is 1. The summed E-state index contributed by atoms with van der Waals surface area (Å²) in [7, 11) is 1.55. The molecule has 5 nitrogen and oxygen atoms in total. The van der Waals surface area contributed by atoms with Gasteiger partial charge in [0.25, 0.3) is 11.5 Å². The van der Waals surface area contributed by atoms with Crippen molar-refractivity contribution in [2.24, 2.45) is 13.0 Å². The molecule has 1 saturated carbocycles. The molecule has 0 bridgehead atoms. The van der Waals surface area contributed by atoms with Crippen molar-refractivity contribution in [1.29, 1.82) is 0 Å². The van der Waals surface area contributed by atoms with Gasteiger partial charge in [-0.25, -0.2) is 4.68 Å². The predicted octanol–water partition coefficient (Wildman–Crippen LogP) is 2.31. The van der Waals surface area contributed by atoms with Crippen LogP contribution in [0.5, 0.6) is 0 Å². The maximum absolute atomic E-state index is 12.5. The van der Waals surface area contributed by atoms with Crippen molar-refractivity contribution in [1.82, 2.24) is 15.1 Å². The summed E-state index contributed by atoms with van der Waals surface area (Å²) in [6.45, 7) is 0. The van der Waals surface area contributed by atoms with E-state index < -0.39 is 0 Å². The van der Waals surface area contributed by atoms with E-state index in [1.807, 2.05) is 6.07 Å². The van der Waals surface area contributed by atoms with Gasteiger partial charge in [-0.05, 0) is 36.8 Å². The lowest BCUT2D eigenvalue weighted by Crippen LogP contribution is -2.43. The number of hydrogen-bond acceptors (Lipinski definition) is 3. The molecule has 1 fully saturated rings. The van der Waals surface area contributed by atoms with E-state index in [2.05, 4.69) is 34.7 Å². The number of nitrogens with zero attached hydrogens (tertiary/aromatic N) is 2. The van der Waals surface area contributed by atoms with E-state index in [4.69, 9.17) is 0 Å². The van der Waals surface area contributed by atoms with Crippen molar-refractivity contribution in [2.45, 2.75) is 38.1 Å². The molecule has 0 spiro atoms. The minimum Gasteiger partial charge on any atom is -0.348 e. The van der Waals surface area contributed by atoms with Gasteiger partial charge in [-0.15, -0.1) is 0 Å². The fourth-order valence-electron chi connectivity index (χ4n) is 3.42. The molecule has 1 N–H and O–H groups in total. The number of rotatable bonds is 4. The fraction of sp³-hybridized carbons (Fsp3) is 0.421. The average Bonchev–Trinajstić information content (AvgIpc) is 2.60. The summed E-state index contributed by atoms with van der Waals surface area (Å²) in [5.74, 6) is 0.244. The number of carbonyl (C=O) groups excluding carboxylic acids is 1. The van der Waals surface area contributed by atoms with Gasteiger partial charge in [0, 0.05) is 19.2 Å². The summed E-state index contributed by atoms with van der Waals surface area (Å²) < 4.78 is 1.19. The van der Waals surface area contributed by atoms with Crippen LogP contribution < -0.4 is 10.9 Å². The summed E-state index contributed by atoms with van der Waals surface area (Å²) in [4.78, 5) is 23.9. The molecule has 1 aliphatic carbocycles. The third-order valence-corrected chi connectivity index (χ3v) is 4.76. The van der Waals surface area contributed by atoms with E-state index in [1.165, 1.54) is 28.8 Å². The summed E-state index contributed by atoms with van der Waals surface area (Å²) in [6, 6.07) is 13.4. The van der Waals surface area contributed by atoms with Crippen LogP contribution in [0, 0.1) is 5.92 Å². The van der Waals surface area contributed by atoms with Gasteiger partial charge >= 0.3 is 0 Å². The first kappa shape index (κ1) is 16.4. The van der Waals surface area contributed by atoms with Crippen molar-refractivity contribution in [3.63, 3.8) is 0 Å². The van der Waals surface area contributed by atoms with Gasteiger partial charge in [0.1, 0.15) is 5.69 Å². The van der Waals surface area contributed by atoms with Crippen molar-refractivity contribution < 1.29 is 4.79 Å². The zero-order valence-corrected chi connectivity index (χ0v) is 13.9. The van der Waals surface area contributed by atoms with Crippen LogP contribution in [0.25, 0.3) is 0 Å². The molecule has 1 aromatic carbocycles. The predicted molar refractivity (Wildman–Crippen MR) is 92.8 cm³/mol. The van der Waals surface area contributed by atoms with Gasteiger partial charge in [0.2, 0.25) is 0 Å². The Morgan fingerprint density at radius 2 is 1.92 bits per heavy atom. The van der Waals surface area contributed by atoms with Crippen LogP contribution in [0.3, 0.4) is 0 Å².